The molecular weight excluding hydrogens is 254 g/mol. The number of hydrogen-bond acceptors (Lipinski definition) is 4. The summed E-state index contributed by atoms with van der Waals surface area (Å²) in [5.74, 6) is 2.92. The lowest BCUT2D eigenvalue weighted by molar-refractivity contribution is -0.0166. The molecular formula is C16H29NO3. The van der Waals surface area contributed by atoms with Crippen molar-refractivity contribution in [3.63, 3.8) is 0 Å². The van der Waals surface area contributed by atoms with Crippen LogP contribution in [0.15, 0.2) is 0 Å². The predicted octanol–water partition coefficient (Wildman–Crippen LogP) is 1.52. The van der Waals surface area contributed by atoms with Crippen LogP contribution >= 0.6 is 0 Å². The summed E-state index contributed by atoms with van der Waals surface area (Å²) < 4.78 is 11.0. The first-order valence-electron chi connectivity index (χ1n) is 8.37. The van der Waals surface area contributed by atoms with Gasteiger partial charge in [0, 0.05) is 26.2 Å². The zero-order valence-electron chi connectivity index (χ0n) is 12.5. The van der Waals surface area contributed by atoms with Crippen molar-refractivity contribution < 1.29 is 14.6 Å². The molecule has 1 aliphatic heterocycles. The third-order valence-electron chi connectivity index (χ3n) is 5.40. The zero-order chi connectivity index (χ0) is 13.8. The average molecular weight is 283 g/mol. The van der Waals surface area contributed by atoms with E-state index in [1.54, 1.807) is 0 Å². The highest BCUT2D eigenvalue weighted by molar-refractivity contribution is 4.89. The van der Waals surface area contributed by atoms with E-state index < -0.39 is 0 Å². The van der Waals surface area contributed by atoms with Gasteiger partial charge in [-0.05, 0) is 43.4 Å². The molecule has 3 rings (SSSR count). The Morgan fingerprint density at radius 1 is 1.20 bits per heavy atom. The Kier molecular flexibility index (Phi) is 5.32. The summed E-state index contributed by atoms with van der Waals surface area (Å²) in [6.45, 7) is 5.48. The van der Waals surface area contributed by atoms with Crippen molar-refractivity contribution in [1.82, 2.24) is 4.90 Å². The van der Waals surface area contributed by atoms with Crippen LogP contribution in [0.5, 0.6) is 0 Å². The van der Waals surface area contributed by atoms with Gasteiger partial charge in [0.25, 0.3) is 0 Å². The molecule has 0 aromatic carbocycles. The molecule has 0 aromatic rings. The van der Waals surface area contributed by atoms with Crippen molar-refractivity contribution in [3.8, 4) is 0 Å². The van der Waals surface area contributed by atoms with Gasteiger partial charge in [-0.25, -0.2) is 0 Å². The molecule has 0 aromatic heterocycles. The molecule has 4 atom stereocenters. The quantitative estimate of drug-likeness (QED) is 0.719. The maximum absolute atomic E-state index is 9.99. The lowest BCUT2D eigenvalue weighted by atomic mass is 9.87. The minimum atomic E-state index is -0.354. The molecule has 0 radical (unpaired) electrons. The van der Waals surface area contributed by atoms with Crippen LogP contribution in [0, 0.1) is 17.8 Å². The van der Waals surface area contributed by atoms with Gasteiger partial charge in [-0.15, -0.1) is 0 Å². The minimum Gasteiger partial charge on any atom is -0.389 e. The standard InChI is InChI=1S/C16H29NO3/c18-16(11-17-4-7-19-8-5-17)12-20-6-3-15-10-13-1-2-14(15)9-13/h13-16,18H,1-12H2/t13-,14-,15+,16-/m1/s1. The summed E-state index contributed by atoms with van der Waals surface area (Å²) in [6.07, 6.45) is 6.68. The van der Waals surface area contributed by atoms with Crippen LogP contribution in [-0.2, 0) is 9.47 Å². The number of aliphatic hydroxyl groups excluding tert-OH is 1. The van der Waals surface area contributed by atoms with Gasteiger partial charge in [-0.1, -0.05) is 6.42 Å². The third-order valence-corrected chi connectivity index (χ3v) is 5.40. The first-order valence-corrected chi connectivity index (χ1v) is 8.37. The molecule has 2 saturated carbocycles. The fourth-order valence-corrected chi connectivity index (χ4v) is 4.32. The second-order valence-electron chi connectivity index (χ2n) is 6.87. The minimum absolute atomic E-state index is 0.354. The van der Waals surface area contributed by atoms with Crippen LogP contribution in [0.25, 0.3) is 0 Å². The SMILES string of the molecule is O[C@@H](COCC[C@H]1C[C@@H]2CC[C@@H]1C2)CN1CCOCC1. The largest absolute Gasteiger partial charge is 0.389 e. The molecule has 0 unspecified atom stereocenters. The second-order valence-corrected chi connectivity index (χ2v) is 6.87. The van der Waals surface area contributed by atoms with E-state index in [-0.39, 0.29) is 6.10 Å². The highest BCUT2D eigenvalue weighted by Crippen LogP contribution is 2.49. The van der Waals surface area contributed by atoms with Crippen molar-refractivity contribution >= 4 is 0 Å². The Morgan fingerprint density at radius 3 is 2.75 bits per heavy atom. The maximum atomic E-state index is 9.99. The monoisotopic (exact) mass is 283 g/mol. The predicted molar refractivity (Wildman–Crippen MR) is 77.6 cm³/mol. The summed E-state index contributed by atoms with van der Waals surface area (Å²) in [7, 11) is 0. The van der Waals surface area contributed by atoms with Crippen LogP contribution < -0.4 is 0 Å². The second kappa shape index (κ2) is 7.21. The number of rotatable bonds is 7. The van der Waals surface area contributed by atoms with Crippen LogP contribution in [0.2, 0.25) is 0 Å². The van der Waals surface area contributed by atoms with Crippen molar-refractivity contribution in [3.05, 3.63) is 0 Å². The van der Waals surface area contributed by atoms with E-state index in [1.807, 2.05) is 0 Å². The van der Waals surface area contributed by atoms with Crippen LogP contribution in [-0.4, -0.2) is 62.2 Å². The topological polar surface area (TPSA) is 41.9 Å². The van der Waals surface area contributed by atoms with E-state index in [4.69, 9.17) is 9.47 Å². The lowest BCUT2D eigenvalue weighted by Crippen LogP contribution is -2.42. The highest BCUT2D eigenvalue weighted by atomic mass is 16.5. The van der Waals surface area contributed by atoms with Crippen LogP contribution in [0.4, 0.5) is 0 Å². The first kappa shape index (κ1) is 14.8. The van der Waals surface area contributed by atoms with E-state index in [0.717, 1.165) is 57.2 Å². The molecule has 3 fully saturated rings. The maximum Gasteiger partial charge on any atom is 0.0900 e. The molecule has 0 amide bonds. The Hall–Kier alpha value is -0.160. The number of aliphatic hydroxyl groups is 1. The highest BCUT2D eigenvalue weighted by Gasteiger charge is 2.38. The van der Waals surface area contributed by atoms with Gasteiger partial charge in [-0.3, -0.25) is 4.90 Å². The fourth-order valence-electron chi connectivity index (χ4n) is 4.32. The van der Waals surface area contributed by atoms with Crippen molar-refractivity contribution in [2.75, 3.05) is 46.1 Å². The van der Waals surface area contributed by atoms with Gasteiger partial charge in [0.1, 0.15) is 0 Å². The van der Waals surface area contributed by atoms with Crippen molar-refractivity contribution in [1.29, 1.82) is 0 Å². The Balaban J connectivity index is 1.24. The number of fused-ring (bicyclic) bond motifs is 2. The van der Waals surface area contributed by atoms with Crippen LogP contribution in [0.1, 0.15) is 32.1 Å². The van der Waals surface area contributed by atoms with Crippen molar-refractivity contribution in [2.24, 2.45) is 17.8 Å². The molecule has 1 saturated heterocycles. The Morgan fingerprint density at radius 2 is 2.05 bits per heavy atom. The average Bonchev–Trinajstić information content (AvgIpc) is 3.07. The molecule has 0 spiro atoms. The van der Waals surface area contributed by atoms with E-state index in [1.165, 1.54) is 32.1 Å². The summed E-state index contributed by atoms with van der Waals surface area (Å²) in [6, 6.07) is 0. The first-order chi connectivity index (χ1) is 9.81. The molecule has 2 aliphatic carbocycles. The Labute approximate surface area is 122 Å². The fraction of sp³-hybridized carbons (Fsp3) is 1.00. The number of morpholine rings is 1. The summed E-state index contributed by atoms with van der Waals surface area (Å²) >= 11 is 0. The normalized spacial score (nSPS) is 35.5. The summed E-state index contributed by atoms with van der Waals surface area (Å²) in [5.41, 5.74) is 0. The molecule has 4 heteroatoms. The van der Waals surface area contributed by atoms with Gasteiger partial charge in [-0.2, -0.15) is 0 Å². The molecule has 20 heavy (non-hydrogen) atoms. The molecule has 1 N–H and O–H groups in total. The summed E-state index contributed by atoms with van der Waals surface area (Å²) in [5, 5.41) is 9.99. The zero-order valence-corrected chi connectivity index (χ0v) is 12.5. The lowest BCUT2D eigenvalue weighted by Gasteiger charge is -2.28. The van der Waals surface area contributed by atoms with E-state index in [9.17, 15) is 5.11 Å². The number of ether oxygens (including phenoxy) is 2. The number of hydrogen-bond donors (Lipinski definition) is 1. The van der Waals surface area contributed by atoms with Gasteiger partial charge in [0.05, 0.1) is 25.9 Å². The number of β-amino-alcohol motifs (C(OH)–C–C–N with tert-alkyl or cyclic N) is 1. The van der Waals surface area contributed by atoms with Crippen molar-refractivity contribution in [2.45, 2.75) is 38.2 Å². The molecule has 3 aliphatic rings. The Bertz CT molecular complexity index is 293. The van der Waals surface area contributed by atoms with Crippen LogP contribution in [0.3, 0.4) is 0 Å². The van der Waals surface area contributed by atoms with E-state index in [2.05, 4.69) is 4.90 Å². The van der Waals surface area contributed by atoms with Gasteiger partial charge in [0.15, 0.2) is 0 Å². The molecule has 1 heterocycles. The van der Waals surface area contributed by atoms with E-state index >= 15 is 0 Å². The smallest absolute Gasteiger partial charge is 0.0900 e. The third kappa shape index (κ3) is 3.94. The summed E-state index contributed by atoms with van der Waals surface area (Å²) in [4.78, 5) is 2.26. The molecule has 4 nitrogen and oxygen atoms in total. The molecule has 116 valence electrons. The number of nitrogens with zero attached hydrogens (tertiary/aromatic N) is 1. The van der Waals surface area contributed by atoms with Gasteiger partial charge >= 0.3 is 0 Å². The molecule has 2 bridgehead atoms. The van der Waals surface area contributed by atoms with E-state index in [0.29, 0.717) is 6.61 Å². The van der Waals surface area contributed by atoms with Gasteiger partial charge < -0.3 is 14.6 Å². The van der Waals surface area contributed by atoms with Gasteiger partial charge in [0.2, 0.25) is 0 Å².